The van der Waals surface area contributed by atoms with Crippen molar-refractivity contribution in [1.82, 2.24) is 4.90 Å². The Bertz CT molecular complexity index is 357. The summed E-state index contributed by atoms with van der Waals surface area (Å²) in [6.45, 7) is 1.33. The number of benzene rings is 1. The third-order valence-electron chi connectivity index (χ3n) is 3.34. The second-order valence-electron chi connectivity index (χ2n) is 4.43. The highest BCUT2D eigenvalue weighted by Gasteiger charge is 2.26. The van der Waals surface area contributed by atoms with E-state index in [1.165, 1.54) is 18.2 Å². The number of hydrogen-bond donors (Lipinski definition) is 1. The van der Waals surface area contributed by atoms with Gasteiger partial charge < -0.3 is 5.11 Å². The molecular weight excluding hydrogens is 224 g/mol. The maximum absolute atomic E-state index is 13.7. The van der Waals surface area contributed by atoms with Crippen molar-refractivity contribution in [3.63, 3.8) is 0 Å². The van der Waals surface area contributed by atoms with Gasteiger partial charge in [-0.1, -0.05) is 12.5 Å². The number of aliphatic hydroxyl groups excluding tert-OH is 1. The number of hydrogen-bond acceptors (Lipinski definition) is 2. The van der Waals surface area contributed by atoms with Gasteiger partial charge in [0.05, 0.1) is 12.6 Å². The molecule has 0 saturated carbocycles. The lowest BCUT2D eigenvalue weighted by atomic mass is 10.0. The van der Waals surface area contributed by atoms with Gasteiger partial charge in [-0.2, -0.15) is 0 Å². The number of rotatable bonds is 3. The highest BCUT2D eigenvalue weighted by molar-refractivity contribution is 5.23. The molecule has 94 valence electrons. The summed E-state index contributed by atoms with van der Waals surface area (Å²) in [4.78, 5) is 1.96. The van der Waals surface area contributed by atoms with Gasteiger partial charge in [-0.15, -0.1) is 0 Å². The van der Waals surface area contributed by atoms with Crippen LogP contribution in [0.3, 0.4) is 0 Å². The van der Waals surface area contributed by atoms with Crippen molar-refractivity contribution in [3.05, 3.63) is 35.4 Å². The van der Waals surface area contributed by atoms with E-state index in [-0.39, 0.29) is 12.2 Å². The standard InChI is InChI=1S/C13H17F2NO/c14-10-5-4-6-11(15)13(10)12(9-17)16-7-2-1-3-8-16/h4-6,12,17H,1-3,7-9H2/t12-/m1/s1. The first-order valence-electron chi connectivity index (χ1n) is 6.03. The lowest BCUT2D eigenvalue weighted by molar-refractivity contribution is 0.0992. The molecule has 1 aliphatic heterocycles. The maximum Gasteiger partial charge on any atom is 0.131 e. The molecule has 0 radical (unpaired) electrons. The van der Waals surface area contributed by atoms with Crippen LogP contribution >= 0.6 is 0 Å². The van der Waals surface area contributed by atoms with Crippen LogP contribution < -0.4 is 0 Å². The first kappa shape index (κ1) is 12.5. The molecule has 17 heavy (non-hydrogen) atoms. The molecule has 2 rings (SSSR count). The molecule has 1 atom stereocenters. The van der Waals surface area contributed by atoms with Gasteiger partial charge in [-0.05, 0) is 38.1 Å². The van der Waals surface area contributed by atoms with Crippen molar-refractivity contribution < 1.29 is 13.9 Å². The second-order valence-corrected chi connectivity index (χ2v) is 4.43. The summed E-state index contributed by atoms with van der Waals surface area (Å²) in [7, 11) is 0. The van der Waals surface area contributed by atoms with Gasteiger partial charge in [0.2, 0.25) is 0 Å². The molecule has 1 N–H and O–H groups in total. The molecule has 1 aliphatic rings. The van der Waals surface area contributed by atoms with Crippen LogP contribution in [-0.4, -0.2) is 29.7 Å². The van der Waals surface area contributed by atoms with E-state index in [4.69, 9.17) is 0 Å². The van der Waals surface area contributed by atoms with Crippen molar-refractivity contribution in [1.29, 1.82) is 0 Å². The zero-order chi connectivity index (χ0) is 12.3. The zero-order valence-electron chi connectivity index (χ0n) is 9.70. The molecule has 0 spiro atoms. The molecule has 1 heterocycles. The van der Waals surface area contributed by atoms with Crippen LogP contribution in [0.1, 0.15) is 30.9 Å². The predicted octanol–water partition coefficient (Wildman–Crippen LogP) is 2.48. The topological polar surface area (TPSA) is 23.5 Å². The number of piperidine rings is 1. The van der Waals surface area contributed by atoms with Crippen LogP contribution in [0.5, 0.6) is 0 Å². The van der Waals surface area contributed by atoms with E-state index in [9.17, 15) is 13.9 Å². The average molecular weight is 241 g/mol. The second kappa shape index (κ2) is 5.56. The fourth-order valence-corrected chi connectivity index (χ4v) is 2.45. The highest BCUT2D eigenvalue weighted by atomic mass is 19.1. The molecule has 0 unspecified atom stereocenters. The minimum atomic E-state index is -0.574. The Kier molecular flexibility index (Phi) is 4.07. The molecule has 1 fully saturated rings. The Morgan fingerprint density at radius 3 is 2.24 bits per heavy atom. The predicted molar refractivity (Wildman–Crippen MR) is 61.6 cm³/mol. The number of halogens is 2. The van der Waals surface area contributed by atoms with Crippen LogP contribution in [0.15, 0.2) is 18.2 Å². The lowest BCUT2D eigenvalue weighted by Gasteiger charge is -2.33. The van der Waals surface area contributed by atoms with Crippen LogP contribution in [0.4, 0.5) is 8.78 Å². The quantitative estimate of drug-likeness (QED) is 0.878. The fourth-order valence-electron chi connectivity index (χ4n) is 2.45. The van der Waals surface area contributed by atoms with Gasteiger partial charge in [0.25, 0.3) is 0 Å². The highest BCUT2D eigenvalue weighted by Crippen LogP contribution is 2.28. The summed E-state index contributed by atoms with van der Waals surface area (Å²) < 4.78 is 27.3. The smallest absolute Gasteiger partial charge is 0.131 e. The Labute approximate surface area is 99.9 Å². The summed E-state index contributed by atoms with van der Waals surface area (Å²) in [5, 5.41) is 9.41. The van der Waals surface area contributed by atoms with Crippen molar-refractivity contribution in [3.8, 4) is 0 Å². The van der Waals surface area contributed by atoms with Crippen molar-refractivity contribution in [2.45, 2.75) is 25.3 Å². The zero-order valence-corrected chi connectivity index (χ0v) is 9.70. The summed E-state index contributed by atoms with van der Waals surface area (Å²) in [6, 6.07) is 3.27. The van der Waals surface area contributed by atoms with Gasteiger partial charge in [0.1, 0.15) is 11.6 Å². The first-order valence-corrected chi connectivity index (χ1v) is 6.03. The molecule has 0 amide bonds. The third kappa shape index (κ3) is 2.64. The summed E-state index contributed by atoms with van der Waals surface area (Å²) in [6.07, 6.45) is 3.19. The number of likely N-dealkylation sites (tertiary alicyclic amines) is 1. The molecule has 1 aromatic rings. The van der Waals surface area contributed by atoms with Crippen LogP contribution in [0.25, 0.3) is 0 Å². The Balaban J connectivity index is 2.27. The van der Waals surface area contributed by atoms with Crippen LogP contribution in [0.2, 0.25) is 0 Å². The van der Waals surface area contributed by atoms with E-state index in [0.29, 0.717) is 0 Å². The first-order chi connectivity index (χ1) is 8.24. The minimum absolute atomic E-state index is 0.00287. The van der Waals surface area contributed by atoms with Crippen LogP contribution in [-0.2, 0) is 0 Å². The van der Waals surface area contributed by atoms with E-state index in [1.807, 2.05) is 4.90 Å². The van der Waals surface area contributed by atoms with Crippen molar-refractivity contribution in [2.75, 3.05) is 19.7 Å². The van der Waals surface area contributed by atoms with Gasteiger partial charge in [0, 0.05) is 5.56 Å². The van der Waals surface area contributed by atoms with Gasteiger partial charge in [0.15, 0.2) is 0 Å². The van der Waals surface area contributed by atoms with E-state index in [2.05, 4.69) is 0 Å². The van der Waals surface area contributed by atoms with E-state index in [0.717, 1.165) is 32.4 Å². The molecular formula is C13H17F2NO. The largest absolute Gasteiger partial charge is 0.394 e. The Hall–Kier alpha value is -1.00. The normalized spacial score (nSPS) is 19.2. The molecule has 1 aromatic carbocycles. The monoisotopic (exact) mass is 241 g/mol. The fraction of sp³-hybridized carbons (Fsp3) is 0.538. The van der Waals surface area contributed by atoms with Gasteiger partial charge >= 0.3 is 0 Å². The summed E-state index contributed by atoms with van der Waals surface area (Å²) in [5.41, 5.74) is -0.00287. The Morgan fingerprint density at radius 2 is 1.71 bits per heavy atom. The molecule has 4 heteroatoms. The summed E-state index contributed by atoms with van der Waals surface area (Å²) in [5.74, 6) is -1.15. The van der Waals surface area contributed by atoms with E-state index >= 15 is 0 Å². The lowest BCUT2D eigenvalue weighted by Crippen LogP contribution is -2.36. The van der Waals surface area contributed by atoms with Crippen molar-refractivity contribution in [2.24, 2.45) is 0 Å². The molecule has 0 aliphatic carbocycles. The maximum atomic E-state index is 13.7. The SMILES string of the molecule is OC[C@H](c1c(F)cccc1F)N1CCCCC1. The summed E-state index contributed by atoms with van der Waals surface area (Å²) >= 11 is 0. The van der Waals surface area contributed by atoms with E-state index < -0.39 is 17.7 Å². The van der Waals surface area contributed by atoms with Crippen molar-refractivity contribution >= 4 is 0 Å². The minimum Gasteiger partial charge on any atom is -0.394 e. The molecule has 0 aromatic heterocycles. The Morgan fingerprint density at radius 1 is 1.12 bits per heavy atom. The third-order valence-corrected chi connectivity index (χ3v) is 3.34. The molecule has 0 bridgehead atoms. The average Bonchev–Trinajstić information content (AvgIpc) is 2.35. The molecule has 1 saturated heterocycles. The number of aliphatic hydroxyl groups is 1. The van der Waals surface area contributed by atoms with E-state index in [1.54, 1.807) is 0 Å². The molecule has 2 nitrogen and oxygen atoms in total. The van der Waals surface area contributed by atoms with Gasteiger partial charge in [-0.25, -0.2) is 8.78 Å². The number of nitrogens with zero attached hydrogens (tertiary/aromatic N) is 1. The van der Waals surface area contributed by atoms with Crippen LogP contribution in [0, 0.1) is 11.6 Å². The van der Waals surface area contributed by atoms with Gasteiger partial charge in [-0.3, -0.25) is 4.90 Å².